The first-order valence-corrected chi connectivity index (χ1v) is 6.23. The van der Waals surface area contributed by atoms with Gasteiger partial charge >= 0.3 is 0 Å². The lowest BCUT2D eigenvalue weighted by Crippen LogP contribution is -2.16. The van der Waals surface area contributed by atoms with Crippen LogP contribution < -0.4 is 5.32 Å². The number of hydrogen-bond acceptors (Lipinski definition) is 3. The van der Waals surface area contributed by atoms with E-state index < -0.39 is 0 Å². The van der Waals surface area contributed by atoms with E-state index in [0.717, 1.165) is 25.1 Å². The summed E-state index contributed by atoms with van der Waals surface area (Å²) in [6.45, 7) is 1.77. The molecule has 0 radical (unpaired) electrons. The molecule has 0 aliphatic carbocycles. The molecular weight excluding hydrogens is 218 g/mol. The maximum Gasteiger partial charge on any atom is 0.115 e. The molecule has 2 rings (SSSR count). The third-order valence-corrected chi connectivity index (χ3v) is 3.30. The summed E-state index contributed by atoms with van der Waals surface area (Å²) in [5.74, 6) is 0.331. The molecule has 0 saturated carbocycles. The lowest BCUT2D eigenvalue weighted by Gasteiger charge is -2.04. The van der Waals surface area contributed by atoms with Gasteiger partial charge in [0.1, 0.15) is 5.75 Å². The second kappa shape index (κ2) is 5.68. The number of thiophene rings is 1. The first-order chi connectivity index (χ1) is 7.84. The van der Waals surface area contributed by atoms with Crippen molar-refractivity contribution in [2.75, 3.05) is 6.54 Å². The summed E-state index contributed by atoms with van der Waals surface area (Å²) in [4.78, 5) is 1.41. The Bertz CT molecular complexity index is 425. The molecule has 0 spiro atoms. The third-order valence-electron chi connectivity index (χ3n) is 2.37. The van der Waals surface area contributed by atoms with Gasteiger partial charge in [-0.1, -0.05) is 18.2 Å². The van der Waals surface area contributed by atoms with Crippen LogP contribution in [0.5, 0.6) is 5.75 Å². The van der Waals surface area contributed by atoms with Crippen LogP contribution in [0.2, 0.25) is 0 Å². The van der Waals surface area contributed by atoms with Crippen LogP contribution in [0.1, 0.15) is 10.4 Å². The average molecular weight is 233 g/mol. The van der Waals surface area contributed by atoms with Crippen molar-refractivity contribution < 1.29 is 5.11 Å². The Kier molecular flexibility index (Phi) is 3.97. The topological polar surface area (TPSA) is 32.3 Å². The minimum Gasteiger partial charge on any atom is -0.508 e. The molecule has 2 N–H and O–H groups in total. The van der Waals surface area contributed by atoms with Gasteiger partial charge < -0.3 is 10.4 Å². The smallest absolute Gasteiger partial charge is 0.115 e. The minimum atomic E-state index is 0.331. The highest BCUT2D eigenvalue weighted by Crippen LogP contribution is 2.11. The SMILES string of the molecule is Oc1cccc(CNCCc2cccs2)c1. The minimum absolute atomic E-state index is 0.331. The molecule has 0 atom stereocenters. The second-order valence-electron chi connectivity index (χ2n) is 3.68. The zero-order chi connectivity index (χ0) is 11.2. The molecule has 1 aromatic carbocycles. The van der Waals surface area contributed by atoms with E-state index in [1.54, 1.807) is 23.5 Å². The maximum absolute atomic E-state index is 9.29. The molecule has 1 aromatic heterocycles. The zero-order valence-electron chi connectivity index (χ0n) is 9.02. The van der Waals surface area contributed by atoms with E-state index in [4.69, 9.17) is 0 Å². The Morgan fingerprint density at radius 1 is 1.19 bits per heavy atom. The number of benzene rings is 1. The van der Waals surface area contributed by atoms with Crippen LogP contribution in [0.4, 0.5) is 0 Å². The highest BCUT2D eigenvalue weighted by atomic mass is 32.1. The van der Waals surface area contributed by atoms with Crippen molar-refractivity contribution >= 4 is 11.3 Å². The summed E-state index contributed by atoms with van der Waals surface area (Å²) in [7, 11) is 0. The van der Waals surface area contributed by atoms with Crippen molar-refractivity contribution in [2.45, 2.75) is 13.0 Å². The molecule has 0 aliphatic heterocycles. The molecule has 0 fully saturated rings. The summed E-state index contributed by atoms with van der Waals surface area (Å²) in [5, 5.41) is 14.8. The number of phenols is 1. The van der Waals surface area contributed by atoms with Gasteiger partial charge in [-0.2, -0.15) is 0 Å². The lowest BCUT2D eigenvalue weighted by molar-refractivity contribution is 0.474. The van der Waals surface area contributed by atoms with Gasteiger partial charge in [0.15, 0.2) is 0 Å². The Morgan fingerprint density at radius 2 is 2.12 bits per heavy atom. The summed E-state index contributed by atoms with van der Waals surface area (Å²) in [6.07, 6.45) is 1.07. The number of nitrogens with one attached hydrogen (secondary N) is 1. The van der Waals surface area contributed by atoms with Crippen molar-refractivity contribution in [1.82, 2.24) is 5.32 Å². The third kappa shape index (κ3) is 3.36. The first kappa shape index (κ1) is 11.2. The van der Waals surface area contributed by atoms with Gasteiger partial charge in [0.05, 0.1) is 0 Å². The fourth-order valence-electron chi connectivity index (χ4n) is 1.57. The molecular formula is C13H15NOS. The molecule has 3 heteroatoms. The van der Waals surface area contributed by atoms with Gasteiger partial charge in [0.25, 0.3) is 0 Å². The fourth-order valence-corrected chi connectivity index (χ4v) is 2.27. The number of rotatable bonds is 5. The molecule has 0 aliphatic rings. The van der Waals surface area contributed by atoms with E-state index in [-0.39, 0.29) is 0 Å². The Hall–Kier alpha value is -1.32. The summed E-state index contributed by atoms with van der Waals surface area (Å²) in [6, 6.07) is 11.6. The standard InChI is InChI=1S/C13H15NOS/c15-12-4-1-3-11(9-12)10-14-7-6-13-5-2-8-16-13/h1-5,8-9,14-15H,6-7,10H2. The van der Waals surface area contributed by atoms with Gasteiger partial charge in [-0.15, -0.1) is 11.3 Å². The van der Waals surface area contributed by atoms with Gasteiger partial charge in [0.2, 0.25) is 0 Å². The van der Waals surface area contributed by atoms with Crippen molar-refractivity contribution in [3.05, 3.63) is 52.2 Å². The van der Waals surface area contributed by atoms with Gasteiger partial charge in [-0.25, -0.2) is 0 Å². The fraction of sp³-hybridized carbons (Fsp3) is 0.231. The van der Waals surface area contributed by atoms with Crippen molar-refractivity contribution in [3.8, 4) is 5.75 Å². The van der Waals surface area contributed by atoms with Crippen LogP contribution in [0.25, 0.3) is 0 Å². The average Bonchev–Trinajstić information content (AvgIpc) is 2.77. The summed E-state index contributed by atoms with van der Waals surface area (Å²) >= 11 is 1.79. The van der Waals surface area contributed by atoms with Gasteiger partial charge in [-0.3, -0.25) is 0 Å². The molecule has 84 valence electrons. The highest BCUT2D eigenvalue weighted by Gasteiger charge is 1.95. The molecule has 0 saturated heterocycles. The van der Waals surface area contributed by atoms with E-state index in [1.165, 1.54) is 4.88 Å². The Labute approximate surface area is 99.6 Å². The van der Waals surface area contributed by atoms with E-state index in [1.807, 2.05) is 12.1 Å². The monoisotopic (exact) mass is 233 g/mol. The second-order valence-corrected chi connectivity index (χ2v) is 4.71. The molecule has 0 amide bonds. The van der Waals surface area contributed by atoms with Gasteiger partial charge in [-0.05, 0) is 35.6 Å². The highest BCUT2D eigenvalue weighted by molar-refractivity contribution is 7.09. The molecule has 2 aromatic rings. The molecule has 16 heavy (non-hydrogen) atoms. The Morgan fingerprint density at radius 3 is 2.88 bits per heavy atom. The normalized spacial score (nSPS) is 10.5. The lowest BCUT2D eigenvalue weighted by atomic mass is 10.2. The summed E-state index contributed by atoms with van der Waals surface area (Å²) < 4.78 is 0. The summed E-state index contributed by atoms with van der Waals surface area (Å²) in [5.41, 5.74) is 1.12. The van der Waals surface area contributed by atoms with Gasteiger partial charge in [0, 0.05) is 18.0 Å². The maximum atomic E-state index is 9.29. The number of hydrogen-bond donors (Lipinski definition) is 2. The van der Waals surface area contributed by atoms with Crippen LogP contribution in [-0.2, 0) is 13.0 Å². The van der Waals surface area contributed by atoms with Crippen molar-refractivity contribution in [3.63, 3.8) is 0 Å². The largest absolute Gasteiger partial charge is 0.508 e. The quantitative estimate of drug-likeness (QED) is 0.778. The first-order valence-electron chi connectivity index (χ1n) is 5.35. The van der Waals surface area contributed by atoms with Crippen LogP contribution in [-0.4, -0.2) is 11.7 Å². The van der Waals surface area contributed by atoms with E-state index >= 15 is 0 Å². The number of phenolic OH excluding ortho intramolecular Hbond substituents is 1. The van der Waals surface area contributed by atoms with E-state index in [2.05, 4.69) is 22.8 Å². The van der Waals surface area contributed by atoms with Crippen LogP contribution >= 0.6 is 11.3 Å². The van der Waals surface area contributed by atoms with Crippen molar-refractivity contribution in [2.24, 2.45) is 0 Å². The predicted molar refractivity (Wildman–Crippen MR) is 67.8 cm³/mol. The zero-order valence-corrected chi connectivity index (χ0v) is 9.83. The van der Waals surface area contributed by atoms with E-state index in [0.29, 0.717) is 5.75 Å². The molecule has 1 heterocycles. The van der Waals surface area contributed by atoms with Crippen LogP contribution in [0.15, 0.2) is 41.8 Å². The van der Waals surface area contributed by atoms with Crippen molar-refractivity contribution in [1.29, 1.82) is 0 Å². The van der Waals surface area contributed by atoms with Crippen LogP contribution in [0, 0.1) is 0 Å². The van der Waals surface area contributed by atoms with E-state index in [9.17, 15) is 5.11 Å². The molecule has 2 nitrogen and oxygen atoms in total. The number of aromatic hydroxyl groups is 1. The Balaban J connectivity index is 1.72. The van der Waals surface area contributed by atoms with Crippen LogP contribution in [0.3, 0.4) is 0 Å². The predicted octanol–water partition coefficient (Wildman–Crippen LogP) is 2.79. The molecule has 0 bridgehead atoms. The molecule has 0 unspecified atom stereocenters.